The molecule has 0 bridgehead atoms. The third-order valence-electron chi connectivity index (χ3n) is 8.57. The maximum Gasteiger partial charge on any atom is 1.00 e. The summed E-state index contributed by atoms with van der Waals surface area (Å²) in [6, 6.07) is 35.4. The van der Waals surface area contributed by atoms with Crippen molar-refractivity contribution in [1.82, 2.24) is 4.90 Å². The van der Waals surface area contributed by atoms with Crippen LogP contribution in [-0.2, 0) is 20.9 Å². The van der Waals surface area contributed by atoms with E-state index in [1.165, 1.54) is 0 Å². The molecule has 0 fully saturated rings. The average Bonchev–Trinajstić information content (AvgIpc) is 3.05. The van der Waals surface area contributed by atoms with Crippen LogP contribution in [0.25, 0.3) is 27.6 Å². The monoisotopic (exact) mass is 658 g/mol. The minimum atomic E-state index is -1.59. The molecule has 3 unspecified atom stereocenters. The van der Waals surface area contributed by atoms with Crippen LogP contribution >= 0.6 is 0 Å². The molecule has 1 amide bonds. The number of hydrogen-bond donors (Lipinski definition) is 1. The van der Waals surface area contributed by atoms with E-state index < -0.39 is 42.6 Å². The summed E-state index contributed by atoms with van der Waals surface area (Å²) in [5, 5.41) is 27.5. The van der Waals surface area contributed by atoms with Gasteiger partial charge in [0.1, 0.15) is 0 Å². The number of hydrogen-bond acceptors (Lipinski definition) is 6. The van der Waals surface area contributed by atoms with Gasteiger partial charge in [0.2, 0.25) is 5.91 Å². The second kappa shape index (κ2) is 18.4. The molecule has 0 saturated carbocycles. The largest absolute Gasteiger partial charge is 1.00 e. The van der Waals surface area contributed by atoms with E-state index >= 15 is 0 Å². The molecular formula is C39H36N2Na2O5. The fraction of sp³-hybridized carbons (Fsp3) is 0.205. The second-order valence-corrected chi connectivity index (χ2v) is 11.8. The minimum absolute atomic E-state index is 0. The first-order valence-electron chi connectivity index (χ1n) is 15.4. The van der Waals surface area contributed by atoms with Gasteiger partial charge in [-0.05, 0) is 82.3 Å². The average molecular weight is 659 g/mol. The molecule has 0 saturated heterocycles. The number of amides is 1. The maximum atomic E-state index is 13.9. The molecule has 234 valence electrons. The number of carboxylic acids is 2. The molecule has 5 aromatic carbocycles. The molecule has 5 aromatic rings. The molecule has 0 aliphatic rings. The molecule has 0 radical (unpaired) electrons. The fourth-order valence-corrected chi connectivity index (χ4v) is 6.00. The first kappa shape index (κ1) is 39.0. The van der Waals surface area contributed by atoms with Gasteiger partial charge in [0.25, 0.3) is 0 Å². The number of nitrogens with zero attached hydrogens (tertiary/aromatic N) is 1. The number of carbonyl (C=O) groups is 3. The molecule has 7 nitrogen and oxygen atoms in total. The molecule has 3 atom stereocenters. The zero-order valence-electron chi connectivity index (χ0n) is 27.7. The quantitative estimate of drug-likeness (QED) is 0.129. The van der Waals surface area contributed by atoms with Gasteiger partial charge in [0, 0.05) is 48.5 Å². The van der Waals surface area contributed by atoms with Crippen LogP contribution in [0.1, 0.15) is 48.8 Å². The summed E-state index contributed by atoms with van der Waals surface area (Å²) >= 11 is 0. The zero-order chi connectivity index (χ0) is 32.6. The van der Waals surface area contributed by atoms with Crippen LogP contribution in [0, 0.1) is 5.92 Å². The van der Waals surface area contributed by atoms with Crippen LogP contribution in [-0.4, -0.2) is 28.8 Å². The number of carbonyl (C=O) groups excluding carboxylic acids is 3. The van der Waals surface area contributed by atoms with Crippen molar-refractivity contribution in [3.8, 4) is 0 Å². The van der Waals surface area contributed by atoms with Crippen molar-refractivity contribution in [2.45, 2.75) is 44.7 Å². The van der Waals surface area contributed by atoms with E-state index in [1.54, 1.807) is 4.90 Å². The van der Waals surface area contributed by atoms with Gasteiger partial charge in [0.15, 0.2) is 0 Å². The number of allylic oxidation sites excluding steroid dienone is 1. The van der Waals surface area contributed by atoms with E-state index in [9.17, 15) is 24.6 Å². The molecule has 0 spiro atoms. The normalized spacial score (nSPS) is 12.9. The summed E-state index contributed by atoms with van der Waals surface area (Å²) in [7, 11) is 0. The van der Waals surface area contributed by atoms with Gasteiger partial charge >= 0.3 is 59.1 Å². The summed E-state index contributed by atoms with van der Waals surface area (Å²) in [5.74, 6) is -5.31. The number of nitrogens with two attached hydrogens (primary N) is 1. The fourth-order valence-electron chi connectivity index (χ4n) is 6.00. The number of carboxylic acid groups (broad SMARTS) is 2. The van der Waals surface area contributed by atoms with Gasteiger partial charge in [-0.3, -0.25) is 4.79 Å². The van der Waals surface area contributed by atoms with Crippen LogP contribution in [0.15, 0.2) is 115 Å². The number of fused-ring (bicyclic) bond motifs is 2. The zero-order valence-corrected chi connectivity index (χ0v) is 31.7. The maximum absolute atomic E-state index is 13.9. The van der Waals surface area contributed by atoms with Crippen LogP contribution < -0.4 is 75.1 Å². The summed E-state index contributed by atoms with van der Waals surface area (Å²) < 4.78 is 0. The Morgan fingerprint density at radius 2 is 1.33 bits per heavy atom. The van der Waals surface area contributed by atoms with Crippen LogP contribution in [0.2, 0.25) is 0 Å². The van der Waals surface area contributed by atoms with Crippen molar-refractivity contribution in [2.75, 3.05) is 5.73 Å². The first-order valence-corrected chi connectivity index (χ1v) is 15.4. The van der Waals surface area contributed by atoms with Crippen LogP contribution in [0.3, 0.4) is 0 Å². The number of benzene rings is 5. The van der Waals surface area contributed by atoms with Crippen LogP contribution in [0.4, 0.5) is 5.69 Å². The Morgan fingerprint density at radius 3 is 1.94 bits per heavy atom. The predicted octanol–water partition coefficient (Wildman–Crippen LogP) is -0.916. The smallest absolute Gasteiger partial charge is 0.550 e. The SMILES string of the molecule is CC(C(C/C=C/c1ccc2ccccc2c1)c1ccc(N)cc1)N(Cc1ccc2ccccc2c1)C(=O)CC(CC(=O)[O-])C(=O)[O-].[Na+].[Na+]. The number of rotatable bonds is 13. The Morgan fingerprint density at radius 1 is 0.750 bits per heavy atom. The molecule has 0 aliphatic carbocycles. The first-order chi connectivity index (χ1) is 22.2. The Bertz CT molecular complexity index is 1890. The minimum Gasteiger partial charge on any atom is -0.550 e. The van der Waals surface area contributed by atoms with Crippen molar-refractivity contribution >= 4 is 51.2 Å². The summed E-state index contributed by atoms with van der Waals surface area (Å²) in [4.78, 5) is 38.7. The van der Waals surface area contributed by atoms with E-state index in [4.69, 9.17) is 5.73 Å². The molecule has 0 aliphatic heterocycles. The standard InChI is InChI=1S/C39H38N2O5.2Na/c1-26(36(31-17-19-35(40)20-18-31)12-6-7-27-13-15-29-8-2-4-10-32(29)21-27)41(37(42)23-34(39(45)46)24-38(43)44)25-28-14-16-30-9-3-5-11-33(30)22-28;;/h2-11,13-22,26,34,36H,12,23-25,40H2,1H3,(H,43,44)(H,45,46);;/q;2*+1/p-2/b7-6+;;. The second-order valence-electron chi connectivity index (χ2n) is 11.8. The molecule has 0 aromatic heterocycles. The molecule has 48 heavy (non-hydrogen) atoms. The van der Waals surface area contributed by atoms with Gasteiger partial charge in [-0.25, -0.2) is 0 Å². The Kier molecular flexibility index (Phi) is 14.9. The summed E-state index contributed by atoms with van der Waals surface area (Å²) in [6.07, 6.45) is 3.39. The van der Waals surface area contributed by atoms with Gasteiger partial charge in [0.05, 0.1) is 0 Å². The van der Waals surface area contributed by atoms with Crippen molar-refractivity contribution in [3.05, 3.63) is 132 Å². The van der Waals surface area contributed by atoms with Gasteiger partial charge in [-0.2, -0.15) is 0 Å². The van der Waals surface area contributed by atoms with E-state index in [0.717, 1.165) is 38.2 Å². The summed E-state index contributed by atoms with van der Waals surface area (Å²) in [5.41, 5.74) is 9.50. The van der Waals surface area contributed by atoms with E-state index in [1.807, 2.05) is 85.8 Å². The number of anilines is 1. The Labute approximate surface area is 325 Å². The van der Waals surface area contributed by atoms with Crippen molar-refractivity contribution in [1.29, 1.82) is 0 Å². The molecule has 5 rings (SSSR count). The van der Waals surface area contributed by atoms with Gasteiger partial charge in [-0.15, -0.1) is 0 Å². The van der Waals surface area contributed by atoms with Gasteiger partial charge < -0.3 is 30.4 Å². The van der Waals surface area contributed by atoms with E-state index in [-0.39, 0.29) is 71.6 Å². The molecule has 9 heteroatoms. The third kappa shape index (κ3) is 10.3. The molecule has 0 heterocycles. The van der Waals surface area contributed by atoms with Crippen molar-refractivity contribution < 1.29 is 83.7 Å². The number of aliphatic carboxylic acids is 2. The van der Waals surface area contributed by atoms with Crippen LogP contribution in [0.5, 0.6) is 0 Å². The van der Waals surface area contributed by atoms with E-state index in [0.29, 0.717) is 12.1 Å². The Balaban J connectivity index is 0.00000312. The predicted molar refractivity (Wildman–Crippen MR) is 178 cm³/mol. The van der Waals surface area contributed by atoms with Crippen molar-refractivity contribution in [2.24, 2.45) is 5.92 Å². The number of nitrogen functional groups attached to an aromatic ring is 1. The topological polar surface area (TPSA) is 127 Å². The molecular weight excluding hydrogens is 622 g/mol. The molecule has 2 N–H and O–H groups in total. The Hall–Kier alpha value is -3.43. The van der Waals surface area contributed by atoms with Gasteiger partial charge in [-0.1, -0.05) is 97.1 Å². The van der Waals surface area contributed by atoms with Crippen molar-refractivity contribution in [3.63, 3.8) is 0 Å². The van der Waals surface area contributed by atoms with E-state index in [2.05, 4.69) is 42.5 Å². The third-order valence-corrected chi connectivity index (χ3v) is 8.57. The summed E-state index contributed by atoms with van der Waals surface area (Å²) in [6.45, 7) is 2.15.